The Bertz CT molecular complexity index is 962. The molecule has 1 aromatic heterocycles. The lowest BCUT2D eigenvalue weighted by Crippen LogP contribution is -2.15. The smallest absolute Gasteiger partial charge is 0.411 e. The molecule has 2 amide bonds. The molecule has 0 radical (unpaired) electrons. The maximum absolute atomic E-state index is 13.7. The number of nitrogens with zero attached hydrogens (tertiary/aromatic N) is 2. The molecule has 0 fully saturated rings. The van der Waals surface area contributed by atoms with E-state index >= 15 is 0 Å². The monoisotopic (exact) mass is 340 g/mol. The van der Waals surface area contributed by atoms with E-state index < -0.39 is 17.8 Å². The molecule has 0 bridgehead atoms. The quantitative estimate of drug-likeness (QED) is 0.764. The van der Waals surface area contributed by atoms with Gasteiger partial charge in [-0.05, 0) is 30.3 Å². The molecular formula is C17H13FN4O3. The highest BCUT2D eigenvalue weighted by Gasteiger charge is 2.12. The largest absolute Gasteiger partial charge is 0.453 e. The number of rotatable bonds is 3. The molecule has 0 atom stereocenters. The van der Waals surface area contributed by atoms with Gasteiger partial charge in [0.1, 0.15) is 11.5 Å². The fraction of sp³-hybridized carbons (Fsp3) is 0.0588. The second kappa shape index (κ2) is 6.91. The molecule has 126 valence electrons. The molecule has 3 rings (SSSR count). The molecule has 0 saturated heterocycles. The first kappa shape index (κ1) is 16.3. The van der Waals surface area contributed by atoms with Gasteiger partial charge in [0.05, 0.1) is 30.0 Å². The number of anilines is 2. The first-order valence-electron chi connectivity index (χ1n) is 7.24. The van der Waals surface area contributed by atoms with E-state index in [-0.39, 0.29) is 17.1 Å². The zero-order chi connectivity index (χ0) is 17.8. The number of amides is 2. The Hall–Kier alpha value is -3.55. The third-order valence-corrected chi connectivity index (χ3v) is 3.33. The number of hydrogen-bond donors (Lipinski definition) is 2. The van der Waals surface area contributed by atoms with Gasteiger partial charge in [-0.15, -0.1) is 0 Å². The van der Waals surface area contributed by atoms with Crippen LogP contribution in [0, 0.1) is 5.82 Å². The van der Waals surface area contributed by atoms with E-state index in [1.165, 1.54) is 18.3 Å². The van der Waals surface area contributed by atoms with Gasteiger partial charge < -0.3 is 10.1 Å². The van der Waals surface area contributed by atoms with Crippen molar-refractivity contribution in [3.63, 3.8) is 0 Å². The van der Waals surface area contributed by atoms with Crippen LogP contribution in [0.5, 0.6) is 0 Å². The number of ether oxygens (including phenoxy) is 1. The summed E-state index contributed by atoms with van der Waals surface area (Å²) < 4.78 is 18.1. The molecule has 3 aromatic rings. The second-order valence-electron chi connectivity index (χ2n) is 5.01. The lowest BCUT2D eigenvalue weighted by molar-refractivity contribution is 0.102. The number of hydrogen-bond acceptors (Lipinski definition) is 5. The predicted molar refractivity (Wildman–Crippen MR) is 89.9 cm³/mol. The van der Waals surface area contributed by atoms with Gasteiger partial charge in [-0.1, -0.05) is 12.1 Å². The Labute approximate surface area is 141 Å². The maximum Gasteiger partial charge on any atom is 0.411 e. The van der Waals surface area contributed by atoms with Crippen molar-refractivity contribution < 1.29 is 18.7 Å². The van der Waals surface area contributed by atoms with E-state index in [1.807, 2.05) is 6.07 Å². The number of methoxy groups -OCH3 is 1. The van der Waals surface area contributed by atoms with E-state index in [4.69, 9.17) is 0 Å². The van der Waals surface area contributed by atoms with Crippen molar-refractivity contribution in [1.82, 2.24) is 9.97 Å². The van der Waals surface area contributed by atoms with Gasteiger partial charge in [0.25, 0.3) is 5.91 Å². The van der Waals surface area contributed by atoms with Crippen molar-refractivity contribution in [3.8, 4) is 0 Å². The Morgan fingerprint density at radius 2 is 1.84 bits per heavy atom. The average molecular weight is 340 g/mol. The molecule has 0 aliphatic carbocycles. The normalized spacial score (nSPS) is 10.3. The summed E-state index contributed by atoms with van der Waals surface area (Å²) >= 11 is 0. The van der Waals surface area contributed by atoms with Crippen LogP contribution in [0.25, 0.3) is 11.0 Å². The van der Waals surface area contributed by atoms with Gasteiger partial charge in [-0.2, -0.15) is 0 Å². The van der Waals surface area contributed by atoms with Crippen LogP contribution >= 0.6 is 0 Å². The number of fused-ring (bicyclic) bond motifs is 1. The first-order chi connectivity index (χ1) is 12.1. The number of halogens is 1. The third-order valence-electron chi connectivity index (χ3n) is 3.33. The van der Waals surface area contributed by atoms with Crippen molar-refractivity contribution in [2.24, 2.45) is 0 Å². The molecule has 2 aromatic carbocycles. The summed E-state index contributed by atoms with van der Waals surface area (Å²) in [5.41, 5.74) is 1.54. The first-order valence-corrected chi connectivity index (χ1v) is 7.24. The van der Waals surface area contributed by atoms with Crippen molar-refractivity contribution in [2.75, 3.05) is 17.7 Å². The number of aromatic nitrogens is 2. The predicted octanol–water partition coefficient (Wildman–Crippen LogP) is 3.20. The summed E-state index contributed by atoms with van der Waals surface area (Å²) in [6.45, 7) is 0. The zero-order valence-corrected chi connectivity index (χ0v) is 13.1. The highest BCUT2D eigenvalue weighted by atomic mass is 19.1. The number of benzene rings is 2. The fourth-order valence-electron chi connectivity index (χ4n) is 2.12. The molecule has 0 aliphatic rings. The zero-order valence-electron chi connectivity index (χ0n) is 13.1. The second-order valence-corrected chi connectivity index (χ2v) is 5.01. The molecule has 8 heteroatoms. The highest BCUT2D eigenvalue weighted by molar-refractivity contribution is 6.04. The average Bonchev–Trinajstić information content (AvgIpc) is 2.63. The Balaban J connectivity index is 1.82. The molecule has 0 spiro atoms. The summed E-state index contributed by atoms with van der Waals surface area (Å²) in [4.78, 5) is 31.9. The summed E-state index contributed by atoms with van der Waals surface area (Å²) in [6, 6.07) is 10.9. The standard InChI is InChI=1S/C17H13FN4O3/c1-25-17(24)22-14-8-10(6-7-11(14)18)20-16(23)15-9-19-12-4-2-3-5-13(12)21-15/h2-9H,1H3,(H,20,23)(H,22,24). The summed E-state index contributed by atoms with van der Waals surface area (Å²) in [5, 5.41) is 4.80. The number of para-hydroxylation sites is 2. The lowest BCUT2D eigenvalue weighted by atomic mass is 10.2. The minimum Gasteiger partial charge on any atom is -0.453 e. The Kier molecular flexibility index (Phi) is 4.51. The lowest BCUT2D eigenvalue weighted by Gasteiger charge is -2.09. The van der Waals surface area contributed by atoms with E-state index in [0.717, 1.165) is 13.2 Å². The molecule has 0 unspecified atom stereocenters. The molecule has 1 heterocycles. The van der Waals surface area contributed by atoms with Crippen LogP contribution in [0.4, 0.5) is 20.6 Å². The van der Waals surface area contributed by atoms with Gasteiger partial charge in [0, 0.05) is 5.69 Å². The Morgan fingerprint density at radius 3 is 2.60 bits per heavy atom. The third kappa shape index (κ3) is 3.69. The topological polar surface area (TPSA) is 93.2 Å². The number of nitrogens with one attached hydrogen (secondary N) is 2. The molecule has 25 heavy (non-hydrogen) atoms. The number of carbonyl (C=O) groups is 2. The van der Waals surface area contributed by atoms with E-state index in [1.54, 1.807) is 18.2 Å². The Morgan fingerprint density at radius 1 is 1.08 bits per heavy atom. The van der Waals surface area contributed by atoms with E-state index in [9.17, 15) is 14.0 Å². The SMILES string of the molecule is COC(=O)Nc1cc(NC(=O)c2cnc3ccccc3n2)ccc1F. The molecule has 2 N–H and O–H groups in total. The maximum atomic E-state index is 13.7. The molecule has 0 aliphatic heterocycles. The van der Waals surface area contributed by atoms with Crippen LogP contribution in [0.1, 0.15) is 10.5 Å². The van der Waals surface area contributed by atoms with Gasteiger partial charge in [0.2, 0.25) is 0 Å². The van der Waals surface area contributed by atoms with Gasteiger partial charge in [-0.3, -0.25) is 15.1 Å². The van der Waals surface area contributed by atoms with Gasteiger partial charge >= 0.3 is 6.09 Å². The van der Waals surface area contributed by atoms with Crippen molar-refractivity contribution in [2.45, 2.75) is 0 Å². The van der Waals surface area contributed by atoms with Crippen LogP contribution in [0.15, 0.2) is 48.7 Å². The van der Waals surface area contributed by atoms with Crippen LogP contribution < -0.4 is 10.6 Å². The van der Waals surface area contributed by atoms with Crippen LogP contribution in [0.3, 0.4) is 0 Å². The van der Waals surface area contributed by atoms with Crippen molar-refractivity contribution in [1.29, 1.82) is 0 Å². The van der Waals surface area contributed by atoms with Crippen molar-refractivity contribution in [3.05, 3.63) is 60.2 Å². The number of carbonyl (C=O) groups excluding carboxylic acids is 2. The summed E-state index contributed by atoms with van der Waals surface area (Å²) in [7, 11) is 1.16. The van der Waals surface area contributed by atoms with E-state index in [2.05, 4.69) is 25.3 Å². The van der Waals surface area contributed by atoms with E-state index in [0.29, 0.717) is 11.0 Å². The summed E-state index contributed by atoms with van der Waals surface area (Å²) in [5.74, 6) is -1.16. The van der Waals surface area contributed by atoms with Crippen LogP contribution in [-0.4, -0.2) is 29.1 Å². The highest BCUT2D eigenvalue weighted by Crippen LogP contribution is 2.20. The van der Waals surface area contributed by atoms with Crippen LogP contribution in [0.2, 0.25) is 0 Å². The fourth-order valence-corrected chi connectivity index (χ4v) is 2.12. The summed E-state index contributed by atoms with van der Waals surface area (Å²) in [6.07, 6.45) is 0.539. The van der Waals surface area contributed by atoms with Crippen molar-refractivity contribution >= 4 is 34.4 Å². The molecule has 0 saturated carbocycles. The van der Waals surface area contributed by atoms with Crippen LogP contribution in [-0.2, 0) is 4.74 Å². The van der Waals surface area contributed by atoms with Gasteiger partial charge in [-0.25, -0.2) is 14.2 Å². The molecule has 7 nitrogen and oxygen atoms in total. The van der Waals surface area contributed by atoms with Gasteiger partial charge in [0.15, 0.2) is 0 Å². The minimum absolute atomic E-state index is 0.116. The molecular weight excluding hydrogens is 327 g/mol. The minimum atomic E-state index is -0.817.